The molecule has 2 aromatic carbocycles. The molecule has 0 spiro atoms. The predicted octanol–water partition coefficient (Wildman–Crippen LogP) is 4.60. The Labute approximate surface area is 172 Å². The van der Waals surface area contributed by atoms with Crippen molar-refractivity contribution in [2.24, 2.45) is 11.7 Å². The molecule has 156 valence electrons. The van der Waals surface area contributed by atoms with Crippen LogP contribution in [0, 0.1) is 11.7 Å². The van der Waals surface area contributed by atoms with Gasteiger partial charge in [0, 0.05) is 18.6 Å². The van der Waals surface area contributed by atoms with Crippen LogP contribution < -0.4 is 15.2 Å². The lowest BCUT2D eigenvalue weighted by molar-refractivity contribution is 0.230. The van der Waals surface area contributed by atoms with E-state index in [2.05, 4.69) is 17.0 Å². The zero-order valence-corrected chi connectivity index (χ0v) is 17.4. The van der Waals surface area contributed by atoms with Crippen molar-refractivity contribution >= 4 is 0 Å². The standard InChI is InChI=1S/C24H31FN2O2/c1-3-28-22-13-16(15-27-12-11-19-20(26)9-10-21(19)27)14-23(29-4-2)24(22)17-5-7-18(25)8-6-17/h5-8,13-14,19-21H,3-4,9-12,15,26H2,1-2H3/t19-,20?,21+/m0/s1. The first kappa shape index (κ1) is 20.2. The number of rotatable bonds is 7. The van der Waals surface area contributed by atoms with Crippen LogP contribution in [0.15, 0.2) is 36.4 Å². The van der Waals surface area contributed by atoms with Crippen LogP contribution >= 0.6 is 0 Å². The van der Waals surface area contributed by atoms with E-state index < -0.39 is 0 Å². The van der Waals surface area contributed by atoms with Crippen molar-refractivity contribution in [3.05, 3.63) is 47.8 Å². The summed E-state index contributed by atoms with van der Waals surface area (Å²) in [4.78, 5) is 2.57. The van der Waals surface area contributed by atoms with Gasteiger partial charge < -0.3 is 15.2 Å². The fraction of sp³-hybridized carbons (Fsp3) is 0.500. The van der Waals surface area contributed by atoms with E-state index in [1.807, 2.05) is 13.8 Å². The number of hydrogen-bond acceptors (Lipinski definition) is 4. The summed E-state index contributed by atoms with van der Waals surface area (Å²) in [6.07, 6.45) is 3.51. The Kier molecular flexibility index (Phi) is 6.07. The zero-order chi connectivity index (χ0) is 20.4. The monoisotopic (exact) mass is 398 g/mol. The molecule has 3 atom stereocenters. The van der Waals surface area contributed by atoms with Crippen molar-refractivity contribution in [3.63, 3.8) is 0 Å². The smallest absolute Gasteiger partial charge is 0.131 e. The second kappa shape index (κ2) is 8.72. The zero-order valence-electron chi connectivity index (χ0n) is 17.4. The van der Waals surface area contributed by atoms with E-state index in [1.165, 1.54) is 30.5 Å². The van der Waals surface area contributed by atoms with Crippen LogP contribution in [0.2, 0.25) is 0 Å². The molecule has 2 fully saturated rings. The van der Waals surface area contributed by atoms with Gasteiger partial charge in [-0.15, -0.1) is 0 Å². The van der Waals surface area contributed by atoms with Gasteiger partial charge in [0.15, 0.2) is 0 Å². The molecule has 0 amide bonds. The molecule has 1 heterocycles. The average Bonchev–Trinajstić information content (AvgIpc) is 3.27. The molecule has 1 aliphatic heterocycles. The third-order valence-electron chi connectivity index (χ3n) is 6.30. The first-order valence-corrected chi connectivity index (χ1v) is 10.8. The maximum Gasteiger partial charge on any atom is 0.131 e. The number of likely N-dealkylation sites (tertiary alicyclic amines) is 1. The van der Waals surface area contributed by atoms with Crippen LogP contribution in [0.25, 0.3) is 11.1 Å². The second-order valence-corrected chi connectivity index (χ2v) is 8.07. The molecule has 0 aromatic heterocycles. The van der Waals surface area contributed by atoms with Gasteiger partial charge in [-0.05, 0) is 81.0 Å². The number of nitrogens with zero attached hydrogens (tertiary/aromatic N) is 1. The molecular formula is C24H31FN2O2. The van der Waals surface area contributed by atoms with Crippen molar-refractivity contribution in [1.29, 1.82) is 0 Å². The molecule has 1 saturated heterocycles. The summed E-state index contributed by atoms with van der Waals surface area (Å²) in [5.74, 6) is 1.96. The van der Waals surface area contributed by atoms with Gasteiger partial charge in [-0.1, -0.05) is 12.1 Å². The number of nitrogens with two attached hydrogens (primary N) is 1. The highest BCUT2D eigenvalue weighted by Crippen LogP contribution is 2.42. The van der Waals surface area contributed by atoms with Crippen LogP contribution in [0.1, 0.15) is 38.7 Å². The topological polar surface area (TPSA) is 47.7 Å². The van der Waals surface area contributed by atoms with Crippen molar-refractivity contribution in [2.75, 3.05) is 19.8 Å². The molecule has 29 heavy (non-hydrogen) atoms. The molecule has 4 nitrogen and oxygen atoms in total. The molecular weight excluding hydrogens is 367 g/mol. The lowest BCUT2D eigenvalue weighted by atomic mass is 9.99. The fourth-order valence-electron chi connectivity index (χ4n) is 5.02. The number of ether oxygens (including phenoxy) is 2. The number of benzene rings is 2. The van der Waals surface area contributed by atoms with Gasteiger partial charge in [-0.2, -0.15) is 0 Å². The second-order valence-electron chi connectivity index (χ2n) is 8.07. The van der Waals surface area contributed by atoms with Crippen LogP contribution in [0.5, 0.6) is 11.5 Å². The summed E-state index contributed by atoms with van der Waals surface area (Å²) in [5, 5.41) is 0. The van der Waals surface area contributed by atoms with Gasteiger partial charge in [0.05, 0.1) is 18.8 Å². The quantitative estimate of drug-likeness (QED) is 0.740. The summed E-state index contributed by atoms with van der Waals surface area (Å²) >= 11 is 0. The third-order valence-corrected chi connectivity index (χ3v) is 6.30. The molecule has 0 radical (unpaired) electrons. The van der Waals surface area contributed by atoms with Crippen LogP contribution in [0.3, 0.4) is 0 Å². The van der Waals surface area contributed by atoms with Gasteiger partial charge in [-0.3, -0.25) is 4.90 Å². The first-order valence-electron chi connectivity index (χ1n) is 10.8. The molecule has 2 aromatic rings. The predicted molar refractivity (Wildman–Crippen MR) is 114 cm³/mol. The minimum Gasteiger partial charge on any atom is -0.493 e. The van der Waals surface area contributed by atoms with Gasteiger partial charge in [0.2, 0.25) is 0 Å². The van der Waals surface area contributed by atoms with Crippen molar-refractivity contribution in [3.8, 4) is 22.6 Å². The number of halogens is 1. The number of fused-ring (bicyclic) bond motifs is 1. The largest absolute Gasteiger partial charge is 0.493 e. The highest BCUT2D eigenvalue weighted by molar-refractivity contribution is 5.77. The van der Waals surface area contributed by atoms with Gasteiger partial charge in [-0.25, -0.2) is 4.39 Å². The molecule has 1 aliphatic carbocycles. The summed E-state index contributed by atoms with van der Waals surface area (Å²) in [5.41, 5.74) is 9.27. The van der Waals surface area contributed by atoms with Gasteiger partial charge in [0.25, 0.3) is 0 Å². The minimum atomic E-state index is -0.250. The number of hydrogen-bond donors (Lipinski definition) is 1. The Morgan fingerprint density at radius 2 is 1.66 bits per heavy atom. The minimum absolute atomic E-state index is 0.250. The lowest BCUT2D eigenvalue weighted by Gasteiger charge is -2.25. The maximum absolute atomic E-state index is 13.4. The van der Waals surface area contributed by atoms with Crippen LogP contribution in [-0.4, -0.2) is 36.7 Å². The van der Waals surface area contributed by atoms with E-state index >= 15 is 0 Å². The SMILES string of the molecule is CCOc1cc(CN2CC[C@H]3C(N)CC[C@H]32)cc(OCC)c1-c1ccc(F)cc1. The van der Waals surface area contributed by atoms with Gasteiger partial charge in [0.1, 0.15) is 17.3 Å². The van der Waals surface area contributed by atoms with Crippen molar-refractivity contribution in [2.45, 2.75) is 51.7 Å². The van der Waals surface area contributed by atoms with Crippen molar-refractivity contribution in [1.82, 2.24) is 4.90 Å². The van der Waals surface area contributed by atoms with Gasteiger partial charge >= 0.3 is 0 Å². The summed E-state index contributed by atoms with van der Waals surface area (Å²) < 4.78 is 25.5. The Balaban J connectivity index is 1.67. The summed E-state index contributed by atoms with van der Waals surface area (Å²) in [6, 6.07) is 11.7. The summed E-state index contributed by atoms with van der Waals surface area (Å²) in [7, 11) is 0. The molecule has 5 heteroatoms. The van der Waals surface area contributed by atoms with E-state index in [4.69, 9.17) is 15.2 Å². The highest BCUT2D eigenvalue weighted by Gasteiger charge is 2.41. The van der Waals surface area contributed by atoms with E-state index in [9.17, 15) is 4.39 Å². The van der Waals surface area contributed by atoms with E-state index in [0.717, 1.165) is 42.1 Å². The van der Waals surface area contributed by atoms with Crippen LogP contribution in [-0.2, 0) is 6.54 Å². The van der Waals surface area contributed by atoms with Crippen LogP contribution in [0.4, 0.5) is 4.39 Å². The first-order chi connectivity index (χ1) is 14.1. The van der Waals surface area contributed by atoms with Crippen molar-refractivity contribution < 1.29 is 13.9 Å². The molecule has 4 rings (SSSR count). The Hall–Kier alpha value is -2.11. The third kappa shape index (κ3) is 4.12. The van der Waals surface area contributed by atoms with E-state index in [0.29, 0.717) is 31.2 Å². The normalized spacial score (nSPS) is 23.9. The molecule has 1 saturated carbocycles. The maximum atomic E-state index is 13.4. The molecule has 2 aliphatic rings. The van der Waals surface area contributed by atoms with E-state index in [1.54, 1.807) is 12.1 Å². The highest BCUT2D eigenvalue weighted by atomic mass is 19.1. The Morgan fingerprint density at radius 1 is 1.00 bits per heavy atom. The average molecular weight is 399 g/mol. The summed E-state index contributed by atoms with van der Waals surface area (Å²) in [6.45, 7) is 7.05. The molecule has 0 bridgehead atoms. The Bertz CT molecular complexity index is 812. The molecule has 2 N–H and O–H groups in total. The lowest BCUT2D eigenvalue weighted by Crippen LogP contribution is -2.32. The molecule has 1 unspecified atom stereocenters. The Morgan fingerprint density at radius 3 is 2.28 bits per heavy atom. The fourth-order valence-corrected chi connectivity index (χ4v) is 5.02. The van der Waals surface area contributed by atoms with E-state index in [-0.39, 0.29) is 5.82 Å².